The first-order valence-electron chi connectivity index (χ1n) is 19.4. The van der Waals surface area contributed by atoms with Gasteiger partial charge in [0.05, 0.1) is 33.2 Å². The average Bonchev–Trinajstić information content (AvgIpc) is 3.76. The zero-order valence-corrected chi connectivity index (χ0v) is 34.9. The van der Waals surface area contributed by atoms with Gasteiger partial charge < -0.3 is 147 Å². The largest absolute Gasteiger partial charge is 0.506 e. The van der Waals surface area contributed by atoms with Crippen LogP contribution in [0.4, 0.5) is 0 Å². The number of phenolic OH excluding ortho intramolecular Hbond substituents is 28. The minimum Gasteiger partial charge on any atom is -0.506 e. The van der Waals surface area contributed by atoms with Crippen molar-refractivity contribution in [3.8, 4) is 205 Å². The Hall–Kier alpha value is -11.5. The molecular formula is C44H28O29. The molecule has 1 aromatic heterocycles. The van der Waals surface area contributed by atoms with Gasteiger partial charge in [0.1, 0.15) is 17.2 Å². The number of furan rings is 1. The van der Waals surface area contributed by atoms with Crippen molar-refractivity contribution >= 4 is 43.5 Å². The van der Waals surface area contributed by atoms with E-state index in [4.69, 9.17) is 4.42 Å². The Morgan fingerprint density at radius 1 is 0.123 bits per heavy atom. The molecule has 0 saturated carbocycles. The van der Waals surface area contributed by atoms with E-state index in [1.165, 1.54) is 0 Å². The molecule has 29 heteroatoms. The predicted molar refractivity (Wildman–Crippen MR) is 237 cm³/mol. The van der Waals surface area contributed by atoms with E-state index in [0.717, 1.165) is 0 Å². The summed E-state index contributed by atoms with van der Waals surface area (Å²) < 4.78 is 5.40. The Kier molecular flexibility index (Phi) is 9.25. The van der Waals surface area contributed by atoms with Crippen LogP contribution in [-0.2, 0) is 0 Å². The number of aromatic hydroxyl groups is 28. The Labute approximate surface area is 395 Å². The lowest BCUT2D eigenvalue weighted by Gasteiger charge is -2.26. The maximum Gasteiger partial charge on any atom is 0.208 e. The molecule has 0 aliphatic carbocycles. The lowest BCUT2D eigenvalue weighted by Crippen LogP contribution is -1.98. The summed E-state index contributed by atoms with van der Waals surface area (Å²) in [6, 6.07) is 0. The summed E-state index contributed by atoms with van der Waals surface area (Å²) in [5.74, 6) is -49.9. The molecule has 378 valence electrons. The third-order valence-electron chi connectivity index (χ3n) is 12.1. The van der Waals surface area contributed by atoms with Gasteiger partial charge in [0, 0.05) is 43.6 Å². The van der Waals surface area contributed by atoms with Gasteiger partial charge in [0.15, 0.2) is 68.7 Å². The molecule has 9 rings (SSSR count). The molecule has 0 aliphatic rings. The Balaban J connectivity index is 1.70. The summed E-state index contributed by atoms with van der Waals surface area (Å²) in [6.07, 6.45) is 0. The molecule has 28 N–H and O–H groups in total. The molecule has 0 spiro atoms. The third-order valence-corrected chi connectivity index (χ3v) is 12.1. The fourth-order valence-corrected chi connectivity index (χ4v) is 8.76. The van der Waals surface area contributed by atoms with Gasteiger partial charge in [-0.2, -0.15) is 0 Å². The average molecular weight is 1020 g/mol. The van der Waals surface area contributed by atoms with Gasteiger partial charge in [-0.25, -0.2) is 0 Å². The molecule has 0 aliphatic heterocycles. The molecular weight excluding hydrogens is 992 g/mol. The Bertz CT molecular complexity index is 3880. The van der Waals surface area contributed by atoms with Crippen molar-refractivity contribution in [2.24, 2.45) is 0 Å². The predicted octanol–water partition coefficient (Wildman–Crippen LogP) is 4.32. The molecule has 0 bridgehead atoms. The van der Waals surface area contributed by atoms with Gasteiger partial charge in [-0.3, -0.25) is 0 Å². The van der Waals surface area contributed by atoms with Crippen LogP contribution in [0.3, 0.4) is 0 Å². The lowest BCUT2D eigenvalue weighted by molar-refractivity contribution is 0.329. The number of hydrogen-bond donors (Lipinski definition) is 28. The van der Waals surface area contributed by atoms with E-state index in [-0.39, 0.29) is 0 Å². The first-order valence-corrected chi connectivity index (χ1v) is 19.4. The zero-order valence-electron chi connectivity index (χ0n) is 34.9. The number of phenols is 28. The van der Waals surface area contributed by atoms with E-state index in [9.17, 15) is 143 Å². The topological polar surface area (TPSA) is 580 Å². The maximum atomic E-state index is 12.4. The number of rotatable bonds is 4. The van der Waals surface area contributed by atoms with Gasteiger partial charge >= 0.3 is 0 Å². The summed E-state index contributed by atoms with van der Waals surface area (Å²) >= 11 is 0. The summed E-state index contributed by atoms with van der Waals surface area (Å²) in [5.41, 5.74) is -15.4. The normalized spacial score (nSPS) is 11.7. The SMILES string of the molecule is Oc1c(O)c(O)c(-c2c(O)c(-c3c(O)c(O)c(O)c(O)c3O)c(O)c(-c3c4c(O)c(O)c(O)c(O)c4c(-c4c(O)c(O)c(O)c5oc6c(O)c(O)c(O)c(O)c6c45)c4c(O)c(O)c(O)c(O)c34)c2O)c(O)c1O. The molecule has 0 unspecified atom stereocenters. The van der Waals surface area contributed by atoms with E-state index in [1.807, 2.05) is 0 Å². The second kappa shape index (κ2) is 14.5. The highest BCUT2D eigenvalue weighted by atomic mass is 16.4. The van der Waals surface area contributed by atoms with Crippen molar-refractivity contribution in [3.63, 3.8) is 0 Å². The van der Waals surface area contributed by atoms with Gasteiger partial charge in [-0.15, -0.1) is 0 Å². The van der Waals surface area contributed by atoms with Crippen LogP contribution in [0.15, 0.2) is 4.42 Å². The maximum absolute atomic E-state index is 12.4. The van der Waals surface area contributed by atoms with Crippen molar-refractivity contribution in [2.75, 3.05) is 0 Å². The Morgan fingerprint density at radius 3 is 0.616 bits per heavy atom. The fraction of sp³-hybridized carbons (Fsp3) is 0. The van der Waals surface area contributed by atoms with Crippen LogP contribution in [0.2, 0.25) is 0 Å². The zero-order chi connectivity index (χ0) is 54.1. The number of fused-ring (bicyclic) bond motifs is 5. The molecule has 29 nitrogen and oxygen atoms in total. The standard InChI is InChI=1S/C44H28O29/c45-15-9(16(46)11(13-25(55)34(64)39(69)35(65)26(13)56)17(47)10(15)12-23(53)32(62)38(68)33(63)24(12)54)2-5-3(18(48)28(58)30(60)20(5)50)1(4-6(2)21(51)31(61)29(59)19(4)49)7-8-14-27(57)36(66)40(70)42(72)44(14)73-43(8)41(71)37(67)22(7)52/h45-72H. The summed E-state index contributed by atoms with van der Waals surface area (Å²) in [4.78, 5) is 0. The molecule has 0 amide bonds. The van der Waals surface area contributed by atoms with Crippen LogP contribution in [0.5, 0.6) is 161 Å². The van der Waals surface area contributed by atoms with Gasteiger partial charge in [0.25, 0.3) is 0 Å². The second-order valence-electron chi connectivity index (χ2n) is 15.8. The molecule has 0 atom stereocenters. The summed E-state index contributed by atoms with van der Waals surface area (Å²) in [5, 5.41) is 305. The van der Waals surface area contributed by atoms with Crippen LogP contribution in [0, 0.1) is 0 Å². The smallest absolute Gasteiger partial charge is 0.208 e. The van der Waals surface area contributed by atoms with Crippen LogP contribution in [-0.4, -0.2) is 143 Å². The highest BCUT2D eigenvalue weighted by molar-refractivity contribution is 6.34. The lowest BCUT2D eigenvalue weighted by atomic mass is 9.80. The minimum atomic E-state index is -2.00. The van der Waals surface area contributed by atoms with Gasteiger partial charge in [0.2, 0.25) is 86.2 Å². The van der Waals surface area contributed by atoms with Crippen molar-refractivity contribution in [2.45, 2.75) is 0 Å². The number of hydrogen-bond acceptors (Lipinski definition) is 29. The van der Waals surface area contributed by atoms with Crippen molar-refractivity contribution in [1.82, 2.24) is 0 Å². The number of benzene rings is 8. The third kappa shape index (κ3) is 5.36. The van der Waals surface area contributed by atoms with Crippen LogP contribution in [0.25, 0.3) is 88.0 Å². The van der Waals surface area contributed by atoms with E-state index in [0.29, 0.717) is 0 Å². The fourth-order valence-electron chi connectivity index (χ4n) is 8.76. The highest BCUT2D eigenvalue weighted by Crippen LogP contribution is 2.71. The molecule has 9 aromatic rings. The second-order valence-corrected chi connectivity index (χ2v) is 15.8. The van der Waals surface area contributed by atoms with E-state index in [2.05, 4.69) is 0 Å². The van der Waals surface area contributed by atoms with Crippen molar-refractivity contribution in [1.29, 1.82) is 0 Å². The quantitative estimate of drug-likeness (QED) is 0.0663. The van der Waals surface area contributed by atoms with Crippen molar-refractivity contribution < 1.29 is 147 Å². The Morgan fingerprint density at radius 2 is 0.301 bits per heavy atom. The summed E-state index contributed by atoms with van der Waals surface area (Å²) in [6.45, 7) is 0. The first kappa shape index (κ1) is 46.6. The molecule has 0 radical (unpaired) electrons. The van der Waals surface area contributed by atoms with Crippen LogP contribution >= 0.6 is 0 Å². The van der Waals surface area contributed by atoms with Crippen LogP contribution < -0.4 is 0 Å². The monoisotopic (exact) mass is 1020 g/mol. The van der Waals surface area contributed by atoms with Gasteiger partial charge in [-0.05, 0) is 0 Å². The molecule has 0 saturated heterocycles. The highest BCUT2D eigenvalue weighted by Gasteiger charge is 2.42. The molecule has 1 heterocycles. The van der Waals surface area contributed by atoms with Crippen LogP contribution in [0.1, 0.15) is 0 Å². The van der Waals surface area contributed by atoms with Gasteiger partial charge in [-0.1, -0.05) is 0 Å². The first-order chi connectivity index (χ1) is 34.0. The minimum absolute atomic E-state index is 1.10. The van der Waals surface area contributed by atoms with E-state index < -0.39 is 249 Å². The molecule has 8 aromatic carbocycles. The van der Waals surface area contributed by atoms with E-state index >= 15 is 0 Å². The molecule has 73 heavy (non-hydrogen) atoms. The van der Waals surface area contributed by atoms with E-state index in [1.54, 1.807) is 0 Å². The summed E-state index contributed by atoms with van der Waals surface area (Å²) in [7, 11) is 0. The van der Waals surface area contributed by atoms with Crippen molar-refractivity contribution in [3.05, 3.63) is 0 Å². The molecule has 0 fully saturated rings.